The largest absolute Gasteiger partial charge is 0.326 e. The van der Waals surface area contributed by atoms with E-state index < -0.39 is 10.0 Å². The maximum Gasteiger partial charge on any atom is 0.241 e. The van der Waals surface area contributed by atoms with E-state index >= 15 is 0 Å². The van der Waals surface area contributed by atoms with Crippen molar-refractivity contribution in [2.45, 2.75) is 37.2 Å². The monoisotopic (exact) mass is 303 g/mol. The standard InChI is InChI=1S/C12H21N3O2S2/c1-9-12(6-11(7-13)18-9)19(16,17)14-8-10-4-3-5-15(10)2/h6,10,14H,3-5,7-8,13H2,1-2H3. The molecule has 1 aromatic heterocycles. The first-order valence-electron chi connectivity index (χ1n) is 6.43. The van der Waals surface area contributed by atoms with E-state index in [1.165, 1.54) is 11.3 Å². The molecule has 0 amide bonds. The molecule has 1 aliphatic rings. The fraction of sp³-hybridized carbons (Fsp3) is 0.667. The van der Waals surface area contributed by atoms with Crippen LogP contribution >= 0.6 is 11.3 Å². The van der Waals surface area contributed by atoms with Crippen molar-refractivity contribution < 1.29 is 8.42 Å². The van der Waals surface area contributed by atoms with E-state index in [0.29, 0.717) is 24.0 Å². The van der Waals surface area contributed by atoms with Gasteiger partial charge in [0.15, 0.2) is 0 Å². The van der Waals surface area contributed by atoms with Gasteiger partial charge < -0.3 is 10.6 Å². The zero-order valence-electron chi connectivity index (χ0n) is 11.3. The normalized spacial score (nSPS) is 21.1. The van der Waals surface area contributed by atoms with E-state index in [1.807, 2.05) is 14.0 Å². The van der Waals surface area contributed by atoms with Crippen LogP contribution in [0.4, 0.5) is 0 Å². The van der Waals surface area contributed by atoms with Crippen molar-refractivity contribution in [2.75, 3.05) is 20.1 Å². The van der Waals surface area contributed by atoms with Gasteiger partial charge in [0.1, 0.15) is 0 Å². The molecule has 1 fully saturated rings. The van der Waals surface area contributed by atoms with Gasteiger partial charge in [-0.25, -0.2) is 13.1 Å². The van der Waals surface area contributed by atoms with E-state index in [-0.39, 0.29) is 0 Å². The summed E-state index contributed by atoms with van der Waals surface area (Å²) < 4.78 is 27.3. The number of hydrogen-bond acceptors (Lipinski definition) is 5. The van der Waals surface area contributed by atoms with Crippen LogP contribution < -0.4 is 10.5 Å². The van der Waals surface area contributed by atoms with Crippen LogP contribution in [0.3, 0.4) is 0 Å². The maximum absolute atomic E-state index is 12.3. The third kappa shape index (κ3) is 3.35. The molecule has 0 aliphatic carbocycles. The Bertz CT molecular complexity index is 539. The molecule has 1 aliphatic heterocycles. The number of sulfonamides is 1. The molecule has 1 saturated heterocycles. The van der Waals surface area contributed by atoms with E-state index in [9.17, 15) is 8.42 Å². The molecule has 1 aromatic rings. The van der Waals surface area contributed by atoms with Gasteiger partial charge in [0, 0.05) is 28.9 Å². The van der Waals surface area contributed by atoms with Gasteiger partial charge >= 0.3 is 0 Å². The lowest BCUT2D eigenvalue weighted by atomic mass is 10.2. The Morgan fingerprint density at radius 2 is 2.32 bits per heavy atom. The lowest BCUT2D eigenvalue weighted by molar-refractivity contribution is 0.311. The smallest absolute Gasteiger partial charge is 0.241 e. The number of likely N-dealkylation sites (tertiary alicyclic amines) is 1. The molecule has 0 aromatic carbocycles. The van der Waals surface area contributed by atoms with Gasteiger partial charge in [0.25, 0.3) is 0 Å². The van der Waals surface area contributed by atoms with Crippen LogP contribution in [0.2, 0.25) is 0 Å². The van der Waals surface area contributed by atoms with Crippen molar-refractivity contribution in [3.05, 3.63) is 15.8 Å². The van der Waals surface area contributed by atoms with E-state index in [0.717, 1.165) is 29.1 Å². The quantitative estimate of drug-likeness (QED) is 0.847. The summed E-state index contributed by atoms with van der Waals surface area (Å²) in [6, 6.07) is 1.99. The molecule has 0 spiro atoms. The van der Waals surface area contributed by atoms with Crippen LogP contribution in [0.5, 0.6) is 0 Å². The van der Waals surface area contributed by atoms with Gasteiger partial charge in [-0.3, -0.25) is 0 Å². The third-order valence-electron chi connectivity index (χ3n) is 3.59. The molecule has 5 nitrogen and oxygen atoms in total. The fourth-order valence-corrected chi connectivity index (χ4v) is 5.00. The van der Waals surface area contributed by atoms with Crippen LogP contribution in [0.25, 0.3) is 0 Å². The summed E-state index contributed by atoms with van der Waals surface area (Å²) in [6.07, 6.45) is 2.19. The predicted octanol–water partition coefficient (Wildman–Crippen LogP) is 0.888. The number of nitrogens with zero attached hydrogens (tertiary/aromatic N) is 1. The molecule has 0 saturated carbocycles. The second kappa shape index (κ2) is 5.88. The number of nitrogens with one attached hydrogen (secondary N) is 1. The highest BCUT2D eigenvalue weighted by atomic mass is 32.2. The number of thiophene rings is 1. The van der Waals surface area contributed by atoms with Gasteiger partial charge in [0.2, 0.25) is 10.0 Å². The molecular formula is C12H21N3O2S2. The summed E-state index contributed by atoms with van der Waals surface area (Å²) in [5.41, 5.74) is 5.56. The first kappa shape index (κ1) is 14.9. The van der Waals surface area contributed by atoms with Gasteiger partial charge in [-0.2, -0.15) is 0 Å². The molecule has 19 heavy (non-hydrogen) atoms. The van der Waals surface area contributed by atoms with Crippen molar-refractivity contribution in [2.24, 2.45) is 5.73 Å². The first-order valence-corrected chi connectivity index (χ1v) is 8.73. The minimum Gasteiger partial charge on any atom is -0.326 e. The van der Waals surface area contributed by atoms with Crippen molar-refractivity contribution in [3.8, 4) is 0 Å². The van der Waals surface area contributed by atoms with E-state index in [1.54, 1.807) is 6.07 Å². The zero-order valence-corrected chi connectivity index (χ0v) is 13.0. The second-order valence-corrected chi connectivity index (χ2v) is 8.04. The third-order valence-corrected chi connectivity index (χ3v) is 6.35. The molecule has 0 bridgehead atoms. The Kier molecular flexibility index (Phi) is 4.62. The number of rotatable bonds is 5. The van der Waals surface area contributed by atoms with Gasteiger partial charge in [0.05, 0.1) is 4.90 Å². The number of hydrogen-bond donors (Lipinski definition) is 2. The highest BCUT2D eigenvalue weighted by molar-refractivity contribution is 7.89. The van der Waals surface area contributed by atoms with Crippen LogP contribution in [0.15, 0.2) is 11.0 Å². The van der Waals surface area contributed by atoms with E-state index in [2.05, 4.69) is 9.62 Å². The highest BCUT2D eigenvalue weighted by Crippen LogP contribution is 2.25. The Labute approximate surface area is 118 Å². The minimum absolute atomic E-state index is 0.308. The minimum atomic E-state index is -3.41. The Balaban J connectivity index is 2.07. The maximum atomic E-state index is 12.3. The van der Waals surface area contributed by atoms with Crippen molar-refractivity contribution >= 4 is 21.4 Å². The van der Waals surface area contributed by atoms with Crippen LogP contribution in [0, 0.1) is 6.92 Å². The first-order chi connectivity index (χ1) is 8.94. The van der Waals surface area contributed by atoms with Crippen LogP contribution in [-0.4, -0.2) is 39.5 Å². The second-order valence-electron chi connectivity index (χ2n) is 4.97. The summed E-state index contributed by atoms with van der Waals surface area (Å²) in [4.78, 5) is 4.27. The summed E-state index contributed by atoms with van der Waals surface area (Å²) in [5.74, 6) is 0. The zero-order chi connectivity index (χ0) is 14.0. The summed E-state index contributed by atoms with van der Waals surface area (Å²) >= 11 is 1.45. The SMILES string of the molecule is Cc1sc(CN)cc1S(=O)(=O)NCC1CCCN1C. The summed E-state index contributed by atoms with van der Waals surface area (Å²) in [7, 11) is -1.38. The van der Waals surface area contributed by atoms with Gasteiger partial charge in [-0.1, -0.05) is 0 Å². The average molecular weight is 303 g/mol. The summed E-state index contributed by atoms with van der Waals surface area (Å²) in [5, 5.41) is 0. The van der Waals surface area contributed by atoms with Gasteiger partial charge in [-0.15, -0.1) is 11.3 Å². The Morgan fingerprint density at radius 1 is 1.58 bits per heavy atom. The molecule has 0 radical (unpaired) electrons. The molecule has 1 unspecified atom stereocenters. The van der Waals surface area contributed by atoms with Crippen molar-refractivity contribution in [3.63, 3.8) is 0 Å². The fourth-order valence-electron chi connectivity index (χ4n) is 2.41. The topological polar surface area (TPSA) is 75.4 Å². The predicted molar refractivity (Wildman–Crippen MR) is 77.8 cm³/mol. The molecular weight excluding hydrogens is 282 g/mol. The number of nitrogens with two attached hydrogens (primary N) is 1. The molecule has 1 atom stereocenters. The Morgan fingerprint density at radius 3 is 2.84 bits per heavy atom. The molecule has 2 rings (SSSR count). The lowest BCUT2D eigenvalue weighted by Gasteiger charge is -2.19. The number of likely N-dealkylation sites (N-methyl/N-ethyl adjacent to an activating group) is 1. The number of aryl methyl sites for hydroxylation is 1. The van der Waals surface area contributed by atoms with Crippen LogP contribution in [0.1, 0.15) is 22.6 Å². The van der Waals surface area contributed by atoms with Crippen molar-refractivity contribution in [1.82, 2.24) is 9.62 Å². The average Bonchev–Trinajstić information content (AvgIpc) is 2.93. The highest BCUT2D eigenvalue weighted by Gasteiger charge is 2.25. The molecule has 108 valence electrons. The Hall–Kier alpha value is -0.470. The van der Waals surface area contributed by atoms with Gasteiger partial charge in [-0.05, 0) is 39.4 Å². The summed E-state index contributed by atoms with van der Waals surface area (Å²) in [6.45, 7) is 3.72. The molecule has 3 N–H and O–H groups in total. The molecule has 7 heteroatoms. The van der Waals surface area contributed by atoms with E-state index in [4.69, 9.17) is 5.73 Å². The lowest BCUT2D eigenvalue weighted by Crippen LogP contribution is -2.38. The van der Waals surface area contributed by atoms with Crippen LogP contribution in [-0.2, 0) is 16.6 Å². The molecule has 2 heterocycles. The van der Waals surface area contributed by atoms with Crippen molar-refractivity contribution in [1.29, 1.82) is 0 Å².